The maximum atomic E-state index is 14.9. The first kappa shape index (κ1) is 37.7. The smallest absolute Gasteiger partial charge is 0.309 e. The van der Waals surface area contributed by atoms with Crippen molar-refractivity contribution in [2.75, 3.05) is 0 Å². The van der Waals surface area contributed by atoms with Crippen LogP contribution in [0.1, 0.15) is 156 Å². The molecule has 11 atom stereocenters. The number of amides is 1. The highest BCUT2D eigenvalue weighted by Crippen LogP contribution is 2.77. The van der Waals surface area contributed by atoms with Crippen molar-refractivity contribution in [3.05, 3.63) is 47.5 Å². The van der Waals surface area contributed by atoms with E-state index >= 15 is 0 Å². The molecular weight excluding hydrogens is 647 g/mol. The van der Waals surface area contributed by atoms with Gasteiger partial charge in [0.1, 0.15) is 6.10 Å². The Labute approximate surface area is 313 Å². The average Bonchev–Trinajstić information content (AvgIpc) is 3.48. The average molecular weight is 714 g/mol. The Kier molecular flexibility index (Phi) is 9.22. The van der Waals surface area contributed by atoms with E-state index in [1.54, 1.807) is 13.8 Å². The Balaban J connectivity index is 1.15. The quantitative estimate of drug-likeness (QED) is 0.217. The molecule has 286 valence electrons. The van der Waals surface area contributed by atoms with Crippen LogP contribution in [0.3, 0.4) is 0 Å². The van der Waals surface area contributed by atoms with Crippen LogP contribution < -0.4 is 5.32 Å². The number of carboxylic acids is 1. The van der Waals surface area contributed by atoms with E-state index in [0.717, 1.165) is 77.0 Å². The molecule has 0 radical (unpaired) electrons. The summed E-state index contributed by atoms with van der Waals surface area (Å²) in [6, 6.07) is 8.84. The summed E-state index contributed by atoms with van der Waals surface area (Å²) in [5, 5.41) is 13.3. The van der Waals surface area contributed by atoms with Gasteiger partial charge in [-0.15, -0.1) is 0 Å². The van der Waals surface area contributed by atoms with Gasteiger partial charge in [0.05, 0.1) is 23.3 Å². The van der Waals surface area contributed by atoms with E-state index in [1.807, 2.05) is 0 Å². The fourth-order valence-corrected chi connectivity index (χ4v) is 14.6. The molecule has 0 heterocycles. The topological polar surface area (TPSA) is 92.7 Å². The summed E-state index contributed by atoms with van der Waals surface area (Å²) >= 11 is 0. The Morgan fingerprint density at radius 3 is 2.33 bits per heavy atom. The fraction of sp³-hybridized carbons (Fsp3) is 0.761. The van der Waals surface area contributed by atoms with E-state index < -0.39 is 17.4 Å². The normalized spacial score (nSPS) is 42.0. The molecule has 6 aliphatic carbocycles. The number of aliphatic carboxylic acids is 1. The zero-order valence-electron chi connectivity index (χ0n) is 33.5. The van der Waals surface area contributed by atoms with Gasteiger partial charge in [-0.25, -0.2) is 0 Å². The molecule has 0 aliphatic heterocycles. The number of carbonyl (C=O) groups excluding carboxylic acids is 2. The lowest BCUT2D eigenvalue weighted by Gasteiger charge is -2.72. The highest BCUT2D eigenvalue weighted by Gasteiger charge is 2.72. The number of nitrogens with one attached hydrogen (secondary N) is 1. The molecule has 0 aromatic heterocycles. The first-order chi connectivity index (χ1) is 24.3. The summed E-state index contributed by atoms with van der Waals surface area (Å²) in [6.45, 7) is 22.4. The van der Waals surface area contributed by atoms with Crippen LogP contribution in [0.2, 0.25) is 0 Å². The van der Waals surface area contributed by atoms with Gasteiger partial charge in [0, 0.05) is 5.41 Å². The maximum Gasteiger partial charge on any atom is 0.309 e. The third-order valence-electron chi connectivity index (χ3n) is 17.6. The molecular formula is C46H67NO5. The molecule has 1 aromatic carbocycles. The van der Waals surface area contributed by atoms with Crippen LogP contribution in [0, 0.1) is 62.1 Å². The summed E-state index contributed by atoms with van der Waals surface area (Å²) in [5.41, 5.74) is 2.69. The van der Waals surface area contributed by atoms with Gasteiger partial charge in [-0.1, -0.05) is 71.0 Å². The molecule has 0 spiro atoms. The molecule has 1 amide bonds. The molecule has 52 heavy (non-hydrogen) atoms. The first-order valence-electron chi connectivity index (χ1n) is 20.8. The van der Waals surface area contributed by atoms with Crippen LogP contribution in [-0.2, 0) is 25.5 Å². The van der Waals surface area contributed by atoms with Crippen molar-refractivity contribution in [2.45, 2.75) is 157 Å². The lowest BCUT2D eigenvalue weighted by atomic mass is 9.32. The van der Waals surface area contributed by atoms with Crippen molar-refractivity contribution >= 4 is 17.8 Å². The van der Waals surface area contributed by atoms with Gasteiger partial charge in [0.2, 0.25) is 5.91 Å². The van der Waals surface area contributed by atoms with Gasteiger partial charge in [-0.05, 0) is 161 Å². The summed E-state index contributed by atoms with van der Waals surface area (Å²) in [7, 11) is 0. The Morgan fingerprint density at radius 2 is 1.62 bits per heavy atom. The maximum absolute atomic E-state index is 14.9. The van der Waals surface area contributed by atoms with E-state index in [9.17, 15) is 19.5 Å². The second-order valence-corrected chi connectivity index (χ2v) is 20.7. The van der Waals surface area contributed by atoms with Crippen molar-refractivity contribution in [1.82, 2.24) is 5.32 Å². The number of allylic oxidation sites excluding steroid dienone is 1. The number of esters is 1. The van der Waals surface area contributed by atoms with Crippen molar-refractivity contribution in [3.8, 4) is 0 Å². The van der Waals surface area contributed by atoms with E-state index in [1.165, 1.54) is 23.1 Å². The molecule has 2 N–H and O–H groups in total. The number of carboxylic acid groups (broad SMARTS) is 1. The summed E-state index contributed by atoms with van der Waals surface area (Å²) in [4.78, 5) is 39.8. The molecule has 0 saturated heterocycles. The van der Waals surface area contributed by atoms with E-state index in [-0.39, 0.29) is 45.6 Å². The second kappa shape index (κ2) is 12.7. The third-order valence-corrected chi connectivity index (χ3v) is 17.6. The first-order valence-corrected chi connectivity index (χ1v) is 20.8. The van der Waals surface area contributed by atoms with E-state index in [0.29, 0.717) is 35.5 Å². The number of hydrogen-bond acceptors (Lipinski definition) is 4. The molecule has 6 aliphatic rings. The van der Waals surface area contributed by atoms with Gasteiger partial charge in [0.15, 0.2) is 0 Å². The molecule has 6 heteroatoms. The summed E-state index contributed by atoms with van der Waals surface area (Å²) in [5.74, 6) is 1.12. The fourth-order valence-electron chi connectivity index (χ4n) is 14.6. The molecule has 0 bridgehead atoms. The van der Waals surface area contributed by atoms with Gasteiger partial charge >= 0.3 is 11.9 Å². The monoisotopic (exact) mass is 714 g/mol. The van der Waals surface area contributed by atoms with Gasteiger partial charge < -0.3 is 15.2 Å². The second-order valence-electron chi connectivity index (χ2n) is 20.7. The number of ether oxygens (including phenoxy) is 1. The minimum Gasteiger partial charge on any atom is -0.481 e. The SMILES string of the molecule is C=C(C)[C@@H]1CC[C@]2(C(=O)NC3CCCc4ccccc43)CC[C@]3(C)[C@H](CCC4C5(C)CC[C@H](OC(=O)CC(C)(C)C(=O)O)C(C)(C)C5CCC43C)C12. The Morgan fingerprint density at radius 1 is 0.885 bits per heavy atom. The van der Waals surface area contributed by atoms with Gasteiger partial charge in [0.25, 0.3) is 0 Å². The summed E-state index contributed by atoms with van der Waals surface area (Å²) in [6.07, 6.45) is 13.5. The van der Waals surface area contributed by atoms with Crippen LogP contribution in [0.25, 0.3) is 0 Å². The van der Waals surface area contributed by atoms with Crippen molar-refractivity contribution < 1.29 is 24.2 Å². The van der Waals surface area contributed by atoms with Crippen LogP contribution in [-0.4, -0.2) is 29.1 Å². The largest absolute Gasteiger partial charge is 0.481 e. The number of benzene rings is 1. The zero-order valence-corrected chi connectivity index (χ0v) is 33.5. The van der Waals surface area contributed by atoms with Gasteiger partial charge in [-0.3, -0.25) is 14.4 Å². The van der Waals surface area contributed by atoms with Crippen LogP contribution in [0.4, 0.5) is 0 Å². The number of rotatable bonds is 7. The zero-order chi connectivity index (χ0) is 37.6. The number of carbonyl (C=O) groups is 3. The molecule has 1 aromatic rings. The minimum absolute atomic E-state index is 0.106. The Hall–Kier alpha value is -2.63. The van der Waals surface area contributed by atoms with E-state index in [4.69, 9.17) is 4.74 Å². The predicted octanol–water partition coefficient (Wildman–Crippen LogP) is 10.3. The molecule has 6 nitrogen and oxygen atoms in total. The number of fused-ring (bicyclic) bond motifs is 8. The standard InChI is InChI=1S/C46H67NO5/c1-28(2)30-19-24-46(39(49)47-33-16-12-14-29-13-10-11-15-31(29)33)26-25-44(8)32(38(30)46)17-18-35-43(7)22-21-36(52-37(48)27-41(3,4)40(50)51)42(5,6)34(43)20-23-45(35,44)9/h10-11,13,15,30,32-36,38H,1,12,14,16-27H2,2-9H3,(H,47,49)(H,50,51)/t30-,32+,33?,34?,35?,36-,38?,43?,44+,45?,46-/m0/s1. The van der Waals surface area contributed by atoms with Crippen molar-refractivity contribution in [3.63, 3.8) is 0 Å². The Bertz CT molecular complexity index is 1630. The number of hydrogen-bond donors (Lipinski definition) is 2. The predicted molar refractivity (Wildman–Crippen MR) is 205 cm³/mol. The van der Waals surface area contributed by atoms with Crippen molar-refractivity contribution in [2.24, 2.45) is 62.1 Å². The van der Waals surface area contributed by atoms with Crippen molar-refractivity contribution in [1.29, 1.82) is 0 Å². The highest BCUT2D eigenvalue weighted by molar-refractivity contribution is 5.84. The highest BCUT2D eigenvalue weighted by atomic mass is 16.5. The lowest BCUT2D eigenvalue weighted by Crippen LogP contribution is -2.67. The van der Waals surface area contributed by atoms with Crippen LogP contribution in [0.15, 0.2) is 36.4 Å². The molecule has 6 unspecified atom stereocenters. The molecule has 7 rings (SSSR count). The minimum atomic E-state index is -1.15. The third kappa shape index (κ3) is 5.48. The molecule has 5 fully saturated rings. The van der Waals surface area contributed by atoms with Crippen LogP contribution >= 0.6 is 0 Å². The van der Waals surface area contributed by atoms with Crippen LogP contribution in [0.5, 0.6) is 0 Å². The van der Waals surface area contributed by atoms with E-state index in [2.05, 4.69) is 77.7 Å². The van der Waals surface area contributed by atoms with Gasteiger partial charge in [-0.2, -0.15) is 0 Å². The summed E-state index contributed by atoms with van der Waals surface area (Å²) < 4.78 is 6.19. The lowest BCUT2D eigenvalue weighted by molar-refractivity contribution is -0.249. The number of aryl methyl sites for hydroxylation is 1. The molecule has 5 saturated carbocycles.